The van der Waals surface area contributed by atoms with E-state index >= 15 is 0 Å². The Bertz CT molecular complexity index is 52.8. The maximum atomic E-state index is 9.56. The van der Waals surface area contributed by atoms with Crippen molar-refractivity contribution in [2.45, 2.75) is 6.92 Å². The molecule has 0 spiro atoms. The summed E-state index contributed by atoms with van der Waals surface area (Å²) in [6, 6.07) is 0. The first-order valence-electron chi connectivity index (χ1n) is 1.63. The highest BCUT2D eigenvalue weighted by Crippen LogP contribution is 2.12. The fourth-order valence-corrected chi connectivity index (χ4v) is 0.370. The Morgan fingerprint density at radius 2 is 2.50 bits per heavy atom. The summed E-state index contributed by atoms with van der Waals surface area (Å²) in [5.74, 6) is 0. The van der Waals surface area contributed by atoms with Crippen LogP contribution in [0.15, 0.2) is 0 Å². The van der Waals surface area contributed by atoms with Crippen LogP contribution in [0, 0.1) is 0 Å². The predicted octanol–water partition coefficient (Wildman–Crippen LogP) is 0.405. The second-order valence-corrected chi connectivity index (χ2v) is 1.52. The average Bonchev–Trinajstić information content (AvgIpc) is 1.35. The van der Waals surface area contributed by atoms with Crippen LogP contribution in [0.25, 0.3) is 0 Å². The second-order valence-electron chi connectivity index (χ2n) is 0.699. The van der Waals surface area contributed by atoms with Gasteiger partial charge in [0.15, 0.2) is 0 Å². The third-order valence-electron chi connectivity index (χ3n) is 0.268. The van der Waals surface area contributed by atoms with Gasteiger partial charge in [0, 0.05) is 0 Å². The molecule has 0 rings (SSSR count). The van der Waals surface area contributed by atoms with E-state index < -0.39 is 8.25 Å². The van der Waals surface area contributed by atoms with Crippen molar-refractivity contribution in [1.29, 1.82) is 0 Å². The molecule has 1 unspecified atom stereocenters. The molecule has 0 aromatic carbocycles. The van der Waals surface area contributed by atoms with Crippen LogP contribution < -0.4 is 0 Å². The van der Waals surface area contributed by atoms with Gasteiger partial charge in [-0.2, -0.15) is 0 Å². The number of hydrogen-bond acceptors (Lipinski definition) is 2. The lowest BCUT2D eigenvalue weighted by Crippen LogP contribution is -1.72. The summed E-state index contributed by atoms with van der Waals surface area (Å²) in [4.78, 5) is 7.88. The molecule has 0 amide bonds. The number of rotatable bonds is 2. The summed E-state index contributed by atoms with van der Waals surface area (Å²) in [7, 11) is -2.64. The van der Waals surface area contributed by atoms with Crippen molar-refractivity contribution < 1.29 is 14.0 Å². The van der Waals surface area contributed by atoms with Gasteiger partial charge in [-0.3, -0.25) is 4.57 Å². The highest BCUT2D eigenvalue weighted by atomic mass is 31.1. The van der Waals surface area contributed by atoms with Crippen molar-refractivity contribution in [2.24, 2.45) is 0 Å². The third-order valence-corrected chi connectivity index (χ3v) is 0.803. The summed E-state index contributed by atoms with van der Waals surface area (Å²) in [5.41, 5.74) is 0. The van der Waals surface area contributed by atoms with Crippen molar-refractivity contribution in [1.82, 2.24) is 0 Å². The lowest BCUT2D eigenvalue weighted by atomic mass is 10.9. The third kappa shape index (κ3) is 4.15. The molecule has 0 aromatic rings. The highest BCUT2D eigenvalue weighted by Gasteiger charge is 1.81. The first-order valence-corrected chi connectivity index (χ1v) is 2.89. The molecule has 0 aliphatic heterocycles. The van der Waals surface area contributed by atoms with E-state index in [9.17, 15) is 4.57 Å². The maximum absolute atomic E-state index is 9.56. The molecule has 38 valence electrons. The van der Waals surface area contributed by atoms with Crippen LogP contribution in [0.3, 0.4) is 0 Å². The van der Waals surface area contributed by atoms with Gasteiger partial charge < -0.3 is 9.42 Å². The number of hydrogen-bond donors (Lipinski definition) is 1. The van der Waals surface area contributed by atoms with Gasteiger partial charge in [-0.25, -0.2) is 0 Å². The minimum atomic E-state index is -2.64. The van der Waals surface area contributed by atoms with E-state index in [-0.39, 0.29) is 0 Å². The fraction of sp³-hybridized carbons (Fsp3) is 1.00. The van der Waals surface area contributed by atoms with Crippen LogP contribution in [0.2, 0.25) is 0 Å². The Balaban J connectivity index is 2.83. The van der Waals surface area contributed by atoms with Crippen molar-refractivity contribution in [3.05, 3.63) is 0 Å². The van der Waals surface area contributed by atoms with Crippen LogP contribution in [0.1, 0.15) is 6.92 Å². The molecule has 1 atom stereocenters. The van der Waals surface area contributed by atoms with Crippen LogP contribution in [0.4, 0.5) is 0 Å². The minimum Gasteiger partial charge on any atom is -0.326 e. The van der Waals surface area contributed by atoms with E-state index in [1.54, 1.807) is 6.92 Å². The van der Waals surface area contributed by atoms with Crippen molar-refractivity contribution in [2.75, 3.05) is 6.61 Å². The van der Waals surface area contributed by atoms with Gasteiger partial charge in [0.2, 0.25) is 0 Å². The first-order chi connectivity index (χ1) is 2.77. The van der Waals surface area contributed by atoms with Gasteiger partial charge in [0.1, 0.15) is 0 Å². The van der Waals surface area contributed by atoms with Gasteiger partial charge in [-0.15, -0.1) is 0 Å². The molecule has 3 nitrogen and oxygen atoms in total. The molecule has 0 radical (unpaired) electrons. The Morgan fingerprint density at radius 3 is 2.50 bits per heavy atom. The molecule has 0 aliphatic rings. The van der Waals surface area contributed by atoms with Crippen molar-refractivity contribution >= 4 is 8.25 Å². The Kier molecular flexibility index (Phi) is 3.43. The van der Waals surface area contributed by atoms with Gasteiger partial charge >= 0.3 is 8.25 Å². The first kappa shape index (κ1) is 6.15. The molecule has 4 heteroatoms. The maximum Gasteiger partial charge on any atom is 0.316 e. The van der Waals surface area contributed by atoms with Crippen LogP contribution >= 0.6 is 8.25 Å². The quantitative estimate of drug-likeness (QED) is 0.523. The SMILES string of the molecule is CCO[PH](=O)O. The Labute approximate surface area is 36.9 Å². The fourth-order valence-electron chi connectivity index (χ4n) is 0.123. The smallest absolute Gasteiger partial charge is 0.316 e. The van der Waals surface area contributed by atoms with Gasteiger partial charge in [0.25, 0.3) is 0 Å². The Hall–Kier alpha value is 0.150. The largest absolute Gasteiger partial charge is 0.326 e. The van der Waals surface area contributed by atoms with E-state index in [1.807, 2.05) is 0 Å². The lowest BCUT2D eigenvalue weighted by molar-refractivity contribution is 0.297. The Morgan fingerprint density at radius 1 is 2.00 bits per heavy atom. The zero-order valence-corrected chi connectivity index (χ0v) is 4.47. The molecule has 0 aromatic heterocycles. The topological polar surface area (TPSA) is 46.5 Å². The van der Waals surface area contributed by atoms with Crippen molar-refractivity contribution in [3.63, 3.8) is 0 Å². The van der Waals surface area contributed by atoms with E-state index in [0.29, 0.717) is 6.61 Å². The highest BCUT2D eigenvalue weighted by molar-refractivity contribution is 7.32. The van der Waals surface area contributed by atoms with Gasteiger partial charge in [-0.05, 0) is 6.92 Å². The summed E-state index contributed by atoms with van der Waals surface area (Å²) < 4.78 is 13.7. The van der Waals surface area contributed by atoms with E-state index in [0.717, 1.165) is 0 Å². The predicted molar refractivity (Wildman–Crippen MR) is 22.8 cm³/mol. The zero-order valence-electron chi connectivity index (χ0n) is 3.47. The molecule has 0 fully saturated rings. The monoisotopic (exact) mass is 110 g/mol. The van der Waals surface area contributed by atoms with E-state index in [2.05, 4.69) is 4.52 Å². The molecular weight excluding hydrogens is 103 g/mol. The normalized spacial score (nSPS) is 14.3. The molecule has 6 heavy (non-hydrogen) atoms. The van der Waals surface area contributed by atoms with E-state index in [4.69, 9.17) is 4.89 Å². The van der Waals surface area contributed by atoms with Crippen LogP contribution in [-0.2, 0) is 9.09 Å². The second kappa shape index (κ2) is 3.34. The summed E-state index contributed by atoms with van der Waals surface area (Å²) in [6.45, 7) is 1.98. The molecule has 1 N–H and O–H groups in total. The molecular formula is C2H7O3P. The minimum absolute atomic E-state index is 0.314. The van der Waals surface area contributed by atoms with Gasteiger partial charge in [0.05, 0.1) is 6.61 Å². The van der Waals surface area contributed by atoms with Gasteiger partial charge in [-0.1, -0.05) is 0 Å². The standard InChI is InChI=1S/C2H7O3P/c1-2-5-6(3)4/h6H,2H2,1H3,(H,3,4). The van der Waals surface area contributed by atoms with Crippen LogP contribution in [-0.4, -0.2) is 11.5 Å². The summed E-state index contributed by atoms with van der Waals surface area (Å²) in [5, 5.41) is 0. The van der Waals surface area contributed by atoms with Crippen molar-refractivity contribution in [3.8, 4) is 0 Å². The van der Waals surface area contributed by atoms with Crippen LogP contribution in [0.5, 0.6) is 0 Å². The van der Waals surface area contributed by atoms with E-state index in [1.165, 1.54) is 0 Å². The zero-order chi connectivity index (χ0) is 4.99. The lowest BCUT2D eigenvalue weighted by Gasteiger charge is -1.86. The summed E-state index contributed by atoms with van der Waals surface area (Å²) in [6.07, 6.45) is 0. The molecule has 0 saturated carbocycles. The molecule has 0 aliphatic carbocycles. The molecule has 0 saturated heterocycles. The molecule has 0 bridgehead atoms. The molecule has 0 heterocycles. The average molecular weight is 110 g/mol. The summed E-state index contributed by atoms with van der Waals surface area (Å²) >= 11 is 0.